The van der Waals surface area contributed by atoms with Gasteiger partial charge in [0.2, 0.25) is 0 Å². The third kappa shape index (κ3) is 6.67. The second-order valence-electron chi connectivity index (χ2n) is 5.64. The topological polar surface area (TPSA) is 84.9 Å². The van der Waals surface area contributed by atoms with Crippen LogP contribution in [0.1, 0.15) is 26.3 Å². The third-order valence-corrected chi connectivity index (χ3v) is 2.66. The van der Waals surface area contributed by atoms with Gasteiger partial charge in [-0.1, -0.05) is 23.7 Å². The third-order valence-electron chi connectivity index (χ3n) is 2.55. The molecule has 1 atom stereocenters. The summed E-state index contributed by atoms with van der Waals surface area (Å²) < 4.78 is 9.86. The molecule has 0 aliphatic rings. The molecule has 0 aliphatic heterocycles. The minimum Gasteiger partial charge on any atom is -0.508 e. The molecule has 0 unspecified atom stereocenters. The van der Waals surface area contributed by atoms with Crippen molar-refractivity contribution in [2.24, 2.45) is 0 Å². The van der Waals surface area contributed by atoms with Gasteiger partial charge >= 0.3 is 12.1 Å². The zero-order chi connectivity index (χ0) is 16.8. The number of phenols is 1. The molecule has 0 heterocycles. The molecule has 0 aliphatic carbocycles. The quantitative estimate of drug-likeness (QED) is 0.640. The van der Waals surface area contributed by atoms with Crippen LogP contribution < -0.4 is 5.32 Å². The van der Waals surface area contributed by atoms with Crippen molar-refractivity contribution in [2.45, 2.75) is 38.8 Å². The molecule has 122 valence electrons. The summed E-state index contributed by atoms with van der Waals surface area (Å²) in [7, 11) is 0. The zero-order valence-electron chi connectivity index (χ0n) is 12.8. The van der Waals surface area contributed by atoms with Crippen LogP contribution in [0.15, 0.2) is 24.3 Å². The van der Waals surface area contributed by atoms with E-state index >= 15 is 0 Å². The Morgan fingerprint density at radius 1 is 1.27 bits per heavy atom. The number of alkyl halides is 1. The second kappa shape index (κ2) is 7.89. The molecule has 0 fully saturated rings. The van der Waals surface area contributed by atoms with Crippen LogP contribution in [0.5, 0.6) is 5.75 Å². The van der Waals surface area contributed by atoms with Gasteiger partial charge in [0, 0.05) is 6.42 Å². The standard InChI is InChI=1S/C15H20ClNO5/c1-15(2,3)22-14(20)17-12(13(19)21-9-16)8-10-4-6-11(18)7-5-10/h4-7,12,18H,8-9H2,1-3H3,(H,17,20)/t12-/m0/s1. The number of hydrogen-bond acceptors (Lipinski definition) is 5. The summed E-state index contributed by atoms with van der Waals surface area (Å²) in [4.78, 5) is 23.7. The number of hydrogen-bond donors (Lipinski definition) is 2. The molecule has 0 bridgehead atoms. The van der Waals surface area contributed by atoms with Gasteiger partial charge in [-0.15, -0.1) is 0 Å². The largest absolute Gasteiger partial charge is 0.508 e. The van der Waals surface area contributed by atoms with Crippen molar-refractivity contribution in [3.05, 3.63) is 29.8 Å². The van der Waals surface area contributed by atoms with Crippen LogP contribution in [0, 0.1) is 0 Å². The van der Waals surface area contributed by atoms with Gasteiger partial charge in [-0.25, -0.2) is 9.59 Å². The van der Waals surface area contributed by atoms with Crippen molar-refractivity contribution in [3.63, 3.8) is 0 Å². The molecule has 1 rings (SSSR count). The first-order valence-electron chi connectivity index (χ1n) is 6.71. The van der Waals surface area contributed by atoms with Gasteiger partial charge < -0.3 is 19.9 Å². The molecule has 1 amide bonds. The van der Waals surface area contributed by atoms with Crippen LogP contribution in [0.25, 0.3) is 0 Å². The molecule has 7 heteroatoms. The highest BCUT2D eigenvalue weighted by atomic mass is 35.5. The second-order valence-corrected chi connectivity index (χ2v) is 5.86. The Bertz CT molecular complexity index is 510. The highest BCUT2D eigenvalue weighted by Crippen LogP contribution is 2.13. The fourth-order valence-electron chi connectivity index (χ4n) is 1.67. The smallest absolute Gasteiger partial charge is 0.408 e. The summed E-state index contributed by atoms with van der Waals surface area (Å²) in [6, 6.07) is 5.04. The first-order valence-corrected chi connectivity index (χ1v) is 7.25. The fourth-order valence-corrected chi connectivity index (χ4v) is 1.77. The Hall–Kier alpha value is -1.95. The van der Waals surface area contributed by atoms with Crippen LogP contribution in [0.2, 0.25) is 0 Å². The summed E-state index contributed by atoms with van der Waals surface area (Å²) in [6.07, 6.45) is -0.530. The Morgan fingerprint density at radius 2 is 1.86 bits per heavy atom. The maximum absolute atomic E-state index is 11.9. The van der Waals surface area contributed by atoms with E-state index in [1.54, 1.807) is 32.9 Å². The highest BCUT2D eigenvalue weighted by Gasteiger charge is 2.25. The van der Waals surface area contributed by atoms with Crippen LogP contribution >= 0.6 is 11.6 Å². The lowest BCUT2D eigenvalue weighted by atomic mass is 10.1. The van der Waals surface area contributed by atoms with E-state index in [0.29, 0.717) is 0 Å². The number of ether oxygens (including phenoxy) is 2. The Kier molecular flexibility index (Phi) is 6.49. The SMILES string of the molecule is CC(C)(C)OC(=O)N[C@@H](Cc1ccc(O)cc1)C(=O)OCCl. The number of carbonyl (C=O) groups excluding carboxylic acids is 2. The summed E-state index contributed by atoms with van der Waals surface area (Å²) in [5, 5.41) is 11.7. The number of nitrogens with one attached hydrogen (secondary N) is 1. The normalized spacial score (nSPS) is 12.4. The number of carbonyl (C=O) groups is 2. The van der Waals surface area contributed by atoms with Crippen molar-refractivity contribution in [1.29, 1.82) is 0 Å². The summed E-state index contributed by atoms with van der Waals surface area (Å²) in [5.41, 5.74) is 0.0641. The van der Waals surface area contributed by atoms with Gasteiger partial charge in [0.15, 0.2) is 6.07 Å². The molecule has 1 aromatic rings. The van der Waals surface area contributed by atoms with Gasteiger partial charge in [-0.05, 0) is 38.5 Å². The Morgan fingerprint density at radius 3 is 2.36 bits per heavy atom. The molecule has 0 radical (unpaired) electrons. The van der Waals surface area contributed by atoms with Crippen LogP contribution in [-0.2, 0) is 20.7 Å². The predicted octanol–water partition coefficient (Wildman–Crippen LogP) is 2.57. The lowest BCUT2D eigenvalue weighted by molar-refractivity contribution is -0.144. The molecular weight excluding hydrogens is 310 g/mol. The van der Waals surface area contributed by atoms with E-state index in [0.717, 1.165) is 5.56 Å². The average Bonchev–Trinajstić information content (AvgIpc) is 2.38. The number of phenolic OH excluding ortho intramolecular Hbond substituents is 1. The van der Waals surface area contributed by atoms with Gasteiger partial charge in [0.25, 0.3) is 0 Å². The van der Waals surface area contributed by atoms with E-state index in [1.807, 2.05) is 0 Å². The van der Waals surface area contributed by atoms with Gasteiger partial charge in [0.05, 0.1) is 0 Å². The molecule has 2 N–H and O–H groups in total. The first-order chi connectivity index (χ1) is 10.2. The van der Waals surface area contributed by atoms with E-state index in [1.165, 1.54) is 12.1 Å². The number of aromatic hydroxyl groups is 1. The maximum Gasteiger partial charge on any atom is 0.408 e. The molecule has 0 spiro atoms. The Labute approximate surface area is 134 Å². The number of rotatable bonds is 5. The first kappa shape index (κ1) is 18.1. The molecule has 22 heavy (non-hydrogen) atoms. The maximum atomic E-state index is 11.9. The molecule has 0 saturated heterocycles. The fraction of sp³-hybridized carbons (Fsp3) is 0.467. The minimum atomic E-state index is -0.932. The number of esters is 1. The summed E-state index contributed by atoms with van der Waals surface area (Å²) >= 11 is 5.39. The summed E-state index contributed by atoms with van der Waals surface area (Å²) in [6.45, 7) is 5.16. The monoisotopic (exact) mass is 329 g/mol. The lowest BCUT2D eigenvalue weighted by Crippen LogP contribution is -2.45. The van der Waals surface area contributed by atoms with Crippen molar-refractivity contribution in [1.82, 2.24) is 5.32 Å². The van der Waals surface area contributed by atoms with E-state index < -0.39 is 23.7 Å². The number of alkyl carbamates (subject to hydrolysis) is 1. The van der Waals surface area contributed by atoms with Gasteiger partial charge in [-0.2, -0.15) is 0 Å². The van der Waals surface area contributed by atoms with Crippen molar-refractivity contribution in [2.75, 3.05) is 6.07 Å². The molecular formula is C15H20ClNO5. The number of halogens is 1. The molecule has 1 aromatic carbocycles. The van der Waals surface area contributed by atoms with Gasteiger partial charge in [-0.3, -0.25) is 0 Å². The number of amides is 1. The minimum absolute atomic E-state index is 0.115. The van der Waals surface area contributed by atoms with E-state index in [-0.39, 0.29) is 18.2 Å². The predicted molar refractivity (Wildman–Crippen MR) is 81.8 cm³/mol. The van der Waals surface area contributed by atoms with E-state index in [4.69, 9.17) is 21.1 Å². The van der Waals surface area contributed by atoms with E-state index in [9.17, 15) is 14.7 Å². The van der Waals surface area contributed by atoms with Crippen molar-refractivity contribution >= 4 is 23.7 Å². The van der Waals surface area contributed by atoms with Crippen LogP contribution in [0.4, 0.5) is 4.79 Å². The molecule has 0 aromatic heterocycles. The summed E-state index contributed by atoms with van der Waals surface area (Å²) in [5.74, 6) is -0.544. The van der Waals surface area contributed by atoms with Crippen molar-refractivity contribution < 1.29 is 24.2 Å². The molecule has 0 saturated carbocycles. The average molecular weight is 330 g/mol. The highest BCUT2D eigenvalue weighted by molar-refractivity contribution is 6.17. The van der Waals surface area contributed by atoms with Crippen LogP contribution in [-0.4, -0.2) is 34.9 Å². The van der Waals surface area contributed by atoms with Crippen LogP contribution in [0.3, 0.4) is 0 Å². The molecule has 6 nitrogen and oxygen atoms in total. The Balaban J connectivity index is 2.77. The zero-order valence-corrected chi connectivity index (χ0v) is 13.5. The lowest BCUT2D eigenvalue weighted by Gasteiger charge is -2.22. The van der Waals surface area contributed by atoms with Gasteiger partial charge in [0.1, 0.15) is 17.4 Å². The van der Waals surface area contributed by atoms with Crippen molar-refractivity contribution in [3.8, 4) is 5.75 Å². The number of benzene rings is 1. The van der Waals surface area contributed by atoms with E-state index in [2.05, 4.69) is 5.32 Å².